The summed E-state index contributed by atoms with van der Waals surface area (Å²) in [4.78, 5) is 21.5. The average Bonchev–Trinajstić information content (AvgIpc) is 3.27. The Morgan fingerprint density at radius 3 is 2.74 bits per heavy atom. The lowest BCUT2D eigenvalue weighted by atomic mass is 10.2. The Bertz CT molecular complexity index is 1020. The van der Waals surface area contributed by atoms with Gasteiger partial charge in [-0.25, -0.2) is 4.98 Å². The number of aryl methyl sites for hydroxylation is 2. The molecule has 9 nitrogen and oxygen atoms in total. The quantitative estimate of drug-likeness (QED) is 0.738. The molecule has 1 saturated heterocycles. The van der Waals surface area contributed by atoms with Crippen LogP contribution in [0.25, 0.3) is 5.78 Å². The zero-order valence-corrected chi connectivity index (χ0v) is 14.4. The first-order chi connectivity index (χ1) is 12.7. The van der Waals surface area contributed by atoms with E-state index in [0.29, 0.717) is 18.8 Å². The minimum Gasteiger partial charge on any atom is -0.358 e. The molecule has 12 heteroatoms. The molecule has 4 rings (SSSR count). The van der Waals surface area contributed by atoms with Crippen LogP contribution in [-0.4, -0.2) is 47.9 Å². The lowest BCUT2D eigenvalue weighted by molar-refractivity contribution is -0.141. The molecule has 0 aromatic carbocycles. The Labute approximate surface area is 150 Å². The third-order valence-electron chi connectivity index (χ3n) is 4.32. The van der Waals surface area contributed by atoms with Gasteiger partial charge in [0.25, 0.3) is 11.7 Å². The van der Waals surface area contributed by atoms with Gasteiger partial charge in [0.2, 0.25) is 0 Å². The highest BCUT2D eigenvalue weighted by Gasteiger charge is 2.37. The molecule has 0 bridgehead atoms. The molecular weight excluding hydrogens is 365 g/mol. The summed E-state index contributed by atoms with van der Waals surface area (Å²) in [5.41, 5.74) is -0.333. The Morgan fingerprint density at radius 2 is 2.07 bits per heavy atom. The largest absolute Gasteiger partial charge is 0.433 e. The molecule has 1 fully saturated rings. The Balaban J connectivity index is 1.64. The highest BCUT2D eigenvalue weighted by molar-refractivity contribution is 6.00. The molecule has 0 spiro atoms. The van der Waals surface area contributed by atoms with Crippen LogP contribution in [0.3, 0.4) is 0 Å². The van der Waals surface area contributed by atoms with E-state index in [4.69, 9.17) is 0 Å². The summed E-state index contributed by atoms with van der Waals surface area (Å²) < 4.78 is 42.0. The van der Waals surface area contributed by atoms with E-state index >= 15 is 0 Å². The number of amides is 1. The summed E-state index contributed by atoms with van der Waals surface area (Å²) in [6, 6.07) is 1.91. The standard InChI is InChI=1S/C15H15F3N8O/c1-8-5-12(24(2)23-8)25-4-3-9(13(25)27)21-11-6-10(15(16,17)18)22-14-19-7-20-26(11)14/h5-7,9,21H,3-4H2,1-2H3. The fourth-order valence-electron chi connectivity index (χ4n) is 3.13. The summed E-state index contributed by atoms with van der Waals surface area (Å²) in [5, 5.41) is 11.0. The summed E-state index contributed by atoms with van der Waals surface area (Å²) in [6.45, 7) is 2.24. The topological polar surface area (TPSA) is 93.2 Å². The number of nitrogens with zero attached hydrogens (tertiary/aromatic N) is 7. The summed E-state index contributed by atoms with van der Waals surface area (Å²) >= 11 is 0. The maximum absolute atomic E-state index is 13.1. The Morgan fingerprint density at radius 1 is 1.30 bits per heavy atom. The van der Waals surface area contributed by atoms with Crippen molar-refractivity contribution in [1.29, 1.82) is 0 Å². The number of carbonyl (C=O) groups excluding carboxylic acids is 1. The Kier molecular flexibility index (Phi) is 3.78. The maximum Gasteiger partial charge on any atom is 0.433 e. The molecule has 3 aromatic rings. The number of hydrogen-bond donors (Lipinski definition) is 1. The first kappa shape index (κ1) is 17.2. The molecule has 1 unspecified atom stereocenters. The molecule has 1 aliphatic rings. The van der Waals surface area contributed by atoms with Gasteiger partial charge in [0.1, 0.15) is 24.0 Å². The molecule has 0 saturated carbocycles. The molecule has 1 N–H and O–H groups in total. The van der Waals surface area contributed by atoms with Gasteiger partial charge in [0.15, 0.2) is 5.69 Å². The van der Waals surface area contributed by atoms with Gasteiger partial charge in [-0.15, -0.1) is 0 Å². The second kappa shape index (κ2) is 5.93. The van der Waals surface area contributed by atoms with Crippen molar-refractivity contribution >= 4 is 23.3 Å². The van der Waals surface area contributed by atoms with E-state index < -0.39 is 17.9 Å². The highest BCUT2D eigenvalue weighted by Crippen LogP contribution is 2.30. The number of anilines is 2. The molecule has 0 aliphatic carbocycles. The van der Waals surface area contributed by atoms with Crippen molar-refractivity contribution in [3.8, 4) is 0 Å². The first-order valence-electron chi connectivity index (χ1n) is 8.10. The van der Waals surface area contributed by atoms with Crippen LogP contribution >= 0.6 is 0 Å². The van der Waals surface area contributed by atoms with Crippen molar-refractivity contribution < 1.29 is 18.0 Å². The fourth-order valence-corrected chi connectivity index (χ4v) is 3.13. The maximum atomic E-state index is 13.1. The first-order valence-corrected chi connectivity index (χ1v) is 8.10. The number of rotatable bonds is 3. The third kappa shape index (κ3) is 2.96. The van der Waals surface area contributed by atoms with E-state index in [-0.39, 0.29) is 17.5 Å². The van der Waals surface area contributed by atoms with Crippen molar-refractivity contribution in [3.05, 3.63) is 29.8 Å². The van der Waals surface area contributed by atoms with Crippen LogP contribution < -0.4 is 10.2 Å². The number of halogens is 3. The van der Waals surface area contributed by atoms with E-state index in [0.717, 1.165) is 22.6 Å². The van der Waals surface area contributed by atoms with Crippen molar-refractivity contribution in [2.75, 3.05) is 16.8 Å². The van der Waals surface area contributed by atoms with Gasteiger partial charge in [-0.05, 0) is 13.3 Å². The van der Waals surface area contributed by atoms with Crippen molar-refractivity contribution in [2.24, 2.45) is 7.05 Å². The number of alkyl halides is 3. The zero-order chi connectivity index (χ0) is 19.3. The molecule has 1 atom stereocenters. The second-order valence-corrected chi connectivity index (χ2v) is 6.24. The van der Waals surface area contributed by atoms with E-state index in [1.165, 1.54) is 0 Å². The number of carbonyl (C=O) groups is 1. The van der Waals surface area contributed by atoms with Gasteiger partial charge < -0.3 is 5.32 Å². The van der Waals surface area contributed by atoms with E-state index in [2.05, 4.69) is 25.5 Å². The van der Waals surface area contributed by atoms with Gasteiger partial charge in [-0.3, -0.25) is 14.4 Å². The molecule has 1 amide bonds. The van der Waals surface area contributed by atoms with Crippen LogP contribution in [0.5, 0.6) is 0 Å². The summed E-state index contributed by atoms with van der Waals surface area (Å²) in [7, 11) is 1.73. The van der Waals surface area contributed by atoms with Gasteiger partial charge in [0, 0.05) is 25.7 Å². The van der Waals surface area contributed by atoms with Crippen LogP contribution in [0.1, 0.15) is 17.8 Å². The number of fused-ring (bicyclic) bond motifs is 1. The van der Waals surface area contributed by atoms with Crippen LogP contribution in [0.15, 0.2) is 18.5 Å². The summed E-state index contributed by atoms with van der Waals surface area (Å²) in [6.07, 6.45) is -3.11. The predicted molar refractivity (Wildman–Crippen MR) is 88.1 cm³/mol. The Hall–Kier alpha value is -3.18. The molecule has 0 radical (unpaired) electrons. The van der Waals surface area contributed by atoms with Crippen LogP contribution in [0, 0.1) is 6.92 Å². The molecule has 4 heterocycles. The van der Waals surface area contributed by atoms with Crippen molar-refractivity contribution in [2.45, 2.75) is 25.6 Å². The van der Waals surface area contributed by atoms with Crippen molar-refractivity contribution in [1.82, 2.24) is 29.4 Å². The zero-order valence-electron chi connectivity index (χ0n) is 14.4. The predicted octanol–water partition coefficient (Wildman–Crippen LogP) is 1.40. The third-order valence-corrected chi connectivity index (χ3v) is 4.32. The smallest absolute Gasteiger partial charge is 0.358 e. The van der Waals surface area contributed by atoms with Crippen LogP contribution in [0.2, 0.25) is 0 Å². The molecular formula is C15H15F3N8O. The minimum absolute atomic E-state index is 0.00575. The SMILES string of the molecule is Cc1cc(N2CCC(Nc3cc(C(F)(F)F)nc4ncnn34)C2=O)n(C)n1. The second-order valence-electron chi connectivity index (χ2n) is 6.24. The van der Waals surface area contributed by atoms with E-state index in [9.17, 15) is 18.0 Å². The number of nitrogens with one attached hydrogen (secondary N) is 1. The minimum atomic E-state index is -4.64. The highest BCUT2D eigenvalue weighted by atomic mass is 19.4. The molecule has 27 heavy (non-hydrogen) atoms. The van der Waals surface area contributed by atoms with Crippen LogP contribution in [-0.2, 0) is 18.0 Å². The molecule has 142 valence electrons. The van der Waals surface area contributed by atoms with Crippen molar-refractivity contribution in [3.63, 3.8) is 0 Å². The van der Waals surface area contributed by atoms with Crippen LogP contribution in [0.4, 0.5) is 24.8 Å². The van der Waals surface area contributed by atoms with Gasteiger partial charge in [-0.2, -0.15) is 32.9 Å². The fraction of sp³-hybridized carbons (Fsp3) is 0.400. The number of hydrogen-bond acceptors (Lipinski definition) is 6. The van der Waals surface area contributed by atoms with E-state index in [1.807, 2.05) is 6.92 Å². The lowest BCUT2D eigenvalue weighted by Crippen LogP contribution is -2.35. The molecule has 1 aliphatic heterocycles. The van der Waals surface area contributed by atoms with E-state index in [1.54, 1.807) is 22.7 Å². The number of aromatic nitrogens is 6. The van der Waals surface area contributed by atoms with Gasteiger partial charge >= 0.3 is 6.18 Å². The lowest BCUT2D eigenvalue weighted by Gasteiger charge is -2.18. The summed E-state index contributed by atoms with van der Waals surface area (Å²) in [5.74, 6) is 0.193. The van der Waals surface area contributed by atoms with Gasteiger partial charge in [0.05, 0.1) is 5.69 Å². The van der Waals surface area contributed by atoms with Gasteiger partial charge in [-0.1, -0.05) is 0 Å². The normalized spacial score (nSPS) is 17.9. The average molecular weight is 380 g/mol. The monoisotopic (exact) mass is 380 g/mol. The molecule has 3 aromatic heterocycles.